The van der Waals surface area contributed by atoms with Crippen molar-refractivity contribution in [2.24, 2.45) is 0 Å². The van der Waals surface area contributed by atoms with Crippen LogP contribution in [-0.4, -0.2) is 67.6 Å². The van der Waals surface area contributed by atoms with Crippen molar-refractivity contribution in [1.82, 2.24) is 5.32 Å². The SMILES string of the molecule is C=C(C)C(=O)NC(C)(C)CCCP(=O)(O)O.C=C(COCCP(=O)(O)O)C(=O)O. The zero-order valence-electron chi connectivity index (χ0n) is 16.8. The Bertz CT molecular complexity index is 677. The van der Waals surface area contributed by atoms with E-state index in [1.54, 1.807) is 6.92 Å². The first-order valence-corrected chi connectivity index (χ1v) is 12.0. The molecule has 0 saturated heterocycles. The number of ether oxygens (including phenoxy) is 1. The van der Waals surface area contributed by atoms with Gasteiger partial charge in [0, 0.05) is 17.3 Å². The van der Waals surface area contributed by atoms with Crippen LogP contribution in [0.15, 0.2) is 24.3 Å². The van der Waals surface area contributed by atoms with Crippen LogP contribution in [0.2, 0.25) is 0 Å². The third-order valence-corrected chi connectivity index (χ3v) is 4.86. The topological polar surface area (TPSA) is 191 Å². The lowest BCUT2D eigenvalue weighted by atomic mass is 9.98. The number of nitrogens with one attached hydrogen (secondary N) is 1. The average molecular weight is 459 g/mol. The molecule has 0 aromatic carbocycles. The van der Waals surface area contributed by atoms with Crippen molar-refractivity contribution in [2.45, 2.75) is 39.2 Å². The Morgan fingerprint density at radius 1 is 1.03 bits per heavy atom. The minimum absolute atomic E-state index is 0.147. The molecule has 1 amide bonds. The number of aliphatic carboxylic acids is 1. The van der Waals surface area contributed by atoms with Crippen molar-refractivity contribution < 1.29 is 48.1 Å². The molecule has 0 aromatic rings. The first kappa shape index (κ1) is 29.9. The molecule has 0 fully saturated rings. The maximum absolute atomic E-state index is 11.4. The predicted octanol–water partition coefficient (Wildman–Crippen LogP) is 1.24. The molecular weight excluding hydrogens is 428 g/mol. The molecule has 0 saturated carbocycles. The van der Waals surface area contributed by atoms with E-state index in [0.29, 0.717) is 18.4 Å². The molecule has 0 atom stereocenters. The number of hydrogen-bond donors (Lipinski definition) is 6. The number of amides is 1. The van der Waals surface area contributed by atoms with Crippen molar-refractivity contribution in [1.29, 1.82) is 0 Å². The highest BCUT2D eigenvalue weighted by Crippen LogP contribution is 2.36. The Kier molecular flexibility index (Phi) is 13.5. The minimum atomic E-state index is -4.05. The Morgan fingerprint density at radius 3 is 1.90 bits per heavy atom. The van der Waals surface area contributed by atoms with Crippen molar-refractivity contribution in [3.8, 4) is 0 Å². The summed E-state index contributed by atoms with van der Waals surface area (Å²) in [5.41, 5.74) is -0.209. The third kappa shape index (κ3) is 21.2. The molecule has 0 aliphatic rings. The number of hydrogen-bond acceptors (Lipinski definition) is 5. The molecule has 0 rings (SSSR count). The molecular formula is C16H31NO10P2. The standard InChI is InChI=1S/C10H20NO4P.C6H11O6P/c1-8(2)9(12)11-10(3,4)6-5-7-16(13,14)15;1-5(6(7)8)4-12-2-3-13(9,10)11/h1,5-7H2,2-4H3,(H,11,12)(H2,13,14,15);1-4H2,(H,7,8)(H2,9,10,11). The number of carboxylic acids is 1. The molecule has 13 heteroatoms. The van der Waals surface area contributed by atoms with Gasteiger partial charge in [-0.2, -0.15) is 0 Å². The van der Waals surface area contributed by atoms with Crippen LogP contribution >= 0.6 is 15.2 Å². The summed E-state index contributed by atoms with van der Waals surface area (Å²) >= 11 is 0. The molecule has 11 nitrogen and oxygen atoms in total. The van der Waals surface area contributed by atoms with Gasteiger partial charge in [-0.15, -0.1) is 0 Å². The van der Waals surface area contributed by atoms with Crippen LogP contribution in [0.3, 0.4) is 0 Å². The average Bonchev–Trinajstić information content (AvgIpc) is 2.48. The van der Waals surface area contributed by atoms with Gasteiger partial charge in [0.1, 0.15) is 0 Å². The lowest BCUT2D eigenvalue weighted by molar-refractivity contribution is -0.133. The second kappa shape index (κ2) is 13.1. The molecule has 0 aliphatic carbocycles. The maximum atomic E-state index is 11.4. The zero-order valence-corrected chi connectivity index (χ0v) is 18.6. The van der Waals surface area contributed by atoms with Gasteiger partial charge in [0.05, 0.1) is 24.9 Å². The van der Waals surface area contributed by atoms with E-state index in [1.807, 2.05) is 13.8 Å². The normalized spacial score (nSPS) is 11.8. The summed E-state index contributed by atoms with van der Waals surface area (Å²) < 4.78 is 25.6. The molecule has 0 spiro atoms. The minimum Gasteiger partial charge on any atom is -0.478 e. The van der Waals surface area contributed by atoms with Gasteiger partial charge in [-0.3, -0.25) is 13.9 Å². The van der Waals surface area contributed by atoms with Gasteiger partial charge in [-0.05, 0) is 33.6 Å². The number of carbonyl (C=O) groups is 2. The molecule has 0 aromatic heterocycles. The summed E-state index contributed by atoms with van der Waals surface area (Å²) in [6.45, 7) is 11.5. The van der Waals surface area contributed by atoms with E-state index in [-0.39, 0.29) is 30.9 Å². The van der Waals surface area contributed by atoms with Crippen LogP contribution in [-0.2, 0) is 23.5 Å². The van der Waals surface area contributed by atoms with Crippen molar-refractivity contribution in [3.63, 3.8) is 0 Å². The number of carbonyl (C=O) groups excluding carboxylic acids is 1. The van der Waals surface area contributed by atoms with E-state index in [1.165, 1.54) is 0 Å². The maximum Gasteiger partial charge on any atom is 0.333 e. The van der Waals surface area contributed by atoms with Crippen LogP contribution in [0.25, 0.3) is 0 Å². The summed E-state index contributed by atoms with van der Waals surface area (Å²) in [5.74, 6) is -1.42. The first-order chi connectivity index (χ1) is 12.9. The van der Waals surface area contributed by atoms with Crippen molar-refractivity contribution in [2.75, 3.05) is 25.5 Å². The highest BCUT2D eigenvalue weighted by atomic mass is 31.2. The van der Waals surface area contributed by atoms with E-state index in [2.05, 4.69) is 23.2 Å². The van der Waals surface area contributed by atoms with Gasteiger partial charge in [0.2, 0.25) is 5.91 Å². The van der Waals surface area contributed by atoms with Gasteiger partial charge in [0.15, 0.2) is 0 Å². The summed E-state index contributed by atoms with van der Waals surface area (Å²) in [6.07, 6.45) is 0.310. The van der Waals surface area contributed by atoms with E-state index >= 15 is 0 Å². The van der Waals surface area contributed by atoms with Crippen LogP contribution in [0.5, 0.6) is 0 Å². The largest absolute Gasteiger partial charge is 0.478 e. The van der Waals surface area contributed by atoms with E-state index < -0.39 is 32.9 Å². The van der Waals surface area contributed by atoms with Gasteiger partial charge >= 0.3 is 21.2 Å². The monoisotopic (exact) mass is 459 g/mol. The number of carboxylic acid groups (broad SMARTS) is 1. The van der Waals surface area contributed by atoms with Crippen LogP contribution in [0.4, 0.5) is 0 Å². The van der Waals surface area contributed by atoms with Gasteiger partial charge < -0.3 is 34.7 Å². The van der Waals surface area contributed by atoms with Gasteiger partial charge in [-0.1, -0.05) is 13.2 Å². The molecule has 29 heavy (non-hydrogen) atoms. The van der Waals surface area contributed by atoms with E-state index in [4.69, 9.17) is 24.7 Å². The molecule has 0 unspecified atom stereocenters. The van der Waals surface area contributed by atoms with E-state index in [9.17, 15) is 18.7 Å². The molecule has 0 radical (unpaired) electrons. The molecule has 0 bridgehead atoms. The highest BCUT2D eigenvalue weighted by molar-refractivity contribution is 7.52. The fourth-order valence-electron chi connectivity index (χ4n) is 1.64. The second-order valence-electron chi connectivity index (χ2n) is 6.96. The highest BCUT2D eigenvalue weighted by Gasteiger charge is 2.22. The Morgan fingerprint density at radius 2 is 1.52 bits per heavy atom. The molecule has 0 heterocycles. The molecule has 6 N–H and O–H groups in total. The van der Waals surface area contributed by atoms with Crippen LogP contribution in [0, 0.1) is 0 Å². The van der Waals surface area contributed by atoms with Crippen molar-refractivity contribution >= 4 is 27.1 Å². The Hall–Kier alpha value is -1.32. The quantitative estimate of drug-likeness (QED) is 0.141. The number of rotatable bonds is 12. The Labute approximate surface area is 170 Å². The fraction of sp³-hybridized carbons (Fsp3) is 0.625. The lowest BCUT2D eigenvalue weighted by Gasteiger charge is -2.26. The lowest BCUT2D eigenvalue weighted by Crippen LogP contribution is -2.43. The molecule has 170 valence electrons. The van der Waals surface area contributed by atoms with E-state index in [0.717, 1.165) is 0 Å². The molecule has 0 aliphatic heterocycles. The first-order valence-electron chi connectivity index (χ1n) is 8.42. The summed E-state index contributed by atoms with van der Waals surface area (Å²) in [4.78, 5) is 55.7. The second-order valence-corrected chi connectivity index (χ2v) is 10.5. The summed E-state index contributed by atoms with van der Waals surface area (Å²) in [5, 5.41) is 11.1. The smallest absolute Gasteiger partial charge is 0.333 e. The van der Waals surface area contributed by atoms with Gasteiger partial charge in [-0.25, -0.2) is 4.79 Å². The zero-order chi connectivity index (χ0) is 23.5. The predicted molar refractivity (Wildman–Crippen MR) is 108 cm³/mol. The van der Waals surface area contributed by atoms with Gasteiger partial charge in [0.25, 0.3) is 0 Å². The fourth-order valence-corrected chi connectivity index (χ4v) is 2.58. The Balaban J connectivity index is 0. The van der Waals surface area contributed by atoms with Crippen LogP contribution in [0.1, 0.15) is 33.6 Å². The van der Waals surface area contributed by atoms with Crippen molar-refractivity contribution in [3.05, 3.63) is 24.3 Å². The summed E-state index contributed by atoms with van der Waals surface area (Å²) in [7, 11) is -7.99. The third-order valence-electron chi connectivity index (χ3n) is 3.20. The van der Waals surface area contributed by atoms with Crippen LogP contribution < -0.4 is 5.32 Å². The summed E-state index contributed by atoms with van der Waals surface area (Å²) in [6, 6.07) is 0.